The van der Waals surface area contributed by atoms with Gasteiger partial charge in [-0.2, -0.15) is 5.10 Å². The minimum absolute atomic E-state index is 0.0144. The molecule has 0 aliphatic heterocycles. The van der Waals surface area contributed by atoms with Gasteiger partial charge in [-0.05, 0) is 31.7 Å². The molecule has 7 nitrogen and oxygen atoms in total. The minimum atomic E-state index is -0.396. The van der Waals surface area contributed by atoms with Crippen molar-refractivity contribution in [2.75, 3.05) is 6.54 Å². The molecule has 106 valence electrons. The smallest absolute Gasteiger partial charge is 0.353 e. The quantitative estimate of drug-likeness (QED) is 0.621. The van der Waals surface area contributed by atoms with Gasteiger partial charge >= 0.3 is 5.69 Å². The zero-order chi connectivity index (χ0) is 14.0. The second-order valence-corrected chi connectivity index (χ2v) is 5.04. The van der Waals surface area contributed by atoms with Gasteiger partial charge in [0.25, 0.3) is 5.88 Å². The van der Waals surface area contributed by atoms with Gasteiger partial charge < -0.3 is 10.5 Å². The van der Waals surface area contributed by atoms with E-state index in [0.29, 0.717) is 24.6 Å². The third kappa shape index (κ3) is 2.70. The van der Waals surface area contributed by atoms with Crippen molar-refractivity contribution in [3.63, 3.8) is 0 Å². The first-order valence-electron chi connectivity index (χ1n) is 6.63. The summed E-state index contributed by atoms with van der Waals surface area (Å²) in [6.07, 6.45) is 3.15. The molecule has 7 heteroatoms. The van der Waals surface area contributed by atoms with Gasteiger partial charge in [0.2, 0.25) is 0 Å². The van der Waals surface area contributed by atoms with Crippen LogP contribution in [0.1, 0.15) is 31.9 Å². The van der Waals surface area contributed by atoms with Crippen molar-refractivity contribution in [2.45, 2.75) is 38.7 Å². The van der Waals surface area contributed by atoms with Gasteiger partial charge in [0, 0.05) is 7.05 Å². The molecule has 0 radical (unpaired) electrons. The molecular weight excluding hydrogens is 248 g/mol. The Hall–Kier alpha value is -1.63. The highest BCUT2D eigenvalue weighted by atomic mass is 16.6. The Morgan fingerprint density at radius 2 is 2.26 bits per heavy atom. The van der Waals surface area contributed by atoms with E-state index in [1.807, 2.05) is 6.92 Å². The molecule has 1 fully saturated rings. The number of aryl methyl sites for hydroxylation is 2. The van der Waals surface area contributed by atoms with Crippen molar-refractivity contribution < 1.29 is 9.66 Å². The van der Waals surface area contributed by atoms with E-state index in [1.54, 1.807) is 7.05 Å². The van der Waals surface area contributed by atoms with Crippen LogP contribution >= 0.6 is 0 Å². The van der Waals surface area contributed by atoms with Crippen molar-refractivity contribution >= 4 is 5.69 Å². The number of aromatic nitrogens is 2. The Labute approximate surface area is 111 Å². The van der Waals surface area contributed by atoms with E-state index in [9.17, 15) is 10.1 Å². The van der Waals surface area contributed by atoms with Gasteiger partial charge in [0.15, 0.2) is 0 Å². The Kier molecular flexibility index (Phi) is 4.04. The minimum Gasteiger partial charge on any atom is -0.470 e. The van der Waals surface area contributed by atoms with Gasteiger partial charge in [0.05, 0.1) is 4.92 Å². The molecule has 1 aromatic heterocycles. The molecule has 0 spiro atoms. The number of rotatable bonds is 6. The van der Waals surface area contributed by atoms with Gasteiger partial charge in [-0.25, -0.2) is 4.68 Å². The number of nitrogens with zero attached hydrogens (tertiary/aromatic N) is 3. The molecule has 0 aromatic carbocycles. The topological polar surface area (TPSA) is 96.2 Å². The van der Waals surface area contributed by atoms with E-state index in [-0.39, 0.29) is 17.7 Å². The summed E-state index contributed by atoms with van der Waals surface area (Å²) in [6, 6.07) is 0. The number of hydrogen-bond donors (Lipinski definition) is 1. The second-order valence-electron chi connectivity index (χ2n) is 5.04. The van der Waals surface area contributed by atoms with Crippen molar-refractivity contribution in [1.29, 1.82) is 0 Å². The van der Waals surface area contributed by atoms with Crippen molar-refractivity contribution in [1.82, 2.24) is 9.78 Å². The van der Waals surface area contributed by atoms with Crippen LogP contribution in [0.15, 0.2) is 0 Å². The predicted molar refractivity (Wildman–Crippen MR) is 70.1 cm³/mol. The molecule has 0 amide bonds. The Morgan fingerprint density at radius 1 is 1.58 bits per heavy atom. The van der Waals surface area contributed by atoms with Crippen LogP contribution in [0.5, 0.6) is 5.88 Å². The summed E-state index contributed by atoms with van der Waals surface area (Å²) >= 11 is 0. The van der Waals surface area contributed by atoms with Gasteiger partial charge in [-0.1, -0.05) is 13.3 Å². The fourth-order valence-corrected chi connectivity index (χ4v) is 2.39. The molecule has 2 rings (SSSR count). The molecular formula is C12H20N4O3. The number of nitrogens with two attached hydrogens (primary N) is 1. The molecule has 0 bridgehead atoms. The van der Waals surface area contributed by atoms with Crippen LogP contribution in [0, 0.1) is 16.0 Å². The molecule has 2 N–H and O–H groups in total. The standard InChI is InChI=1S/C12H20N4O3/c1-3-4-10-11(16(17)18)12(15(2)14-10)19-9-5-8(6-9)7-13/h8-9H,3-7,13H2,1-2H3. The van der Waals surface area contributed by atoms with Gasteiger partial charge in [0.1, 0.15) is 11.8 Å². The summed E-state index contributed by atoms with van der Waals surface area (Å²) < 4.78 is 7.21. The Balaban J connectivity index is 2.17. The van der Waals surface area contributed by atoms with Gasteiger partial charge in [-0.15, -0.1) is 0 Å². The average molecular weight is 268 g/mol. The lowest BCUT2D eigenvalue weighted by atomic mass is 9.82. The van der Waals surface area contributed by atoms with Crippen molar-refractivity contribution in [2.24, 2.45) is 18.7 Å². The lowest BCUT2D eigenvalue weighted by molar-refractivity contribution is -0.387. The third-order valence-corrected chi connectivity index (χ3v) is 3.51. The van der Waals surface area contributed by atoms with Crippen LogP contribution in [0.25, 0.3) is 0 Å². The lowest BCUT2D eigenvalue weighted by Gasteiger charge is -2.33. The maximum absolute atomic E-state index is 11.2. The zero-order valence-corrected chi connectivity index (χ0v) is 11.3. The first-order chi connectivity index (χ1) is 9.06. The average Bonchev–Trinajstić information content (AvgIpc) is 2.60. The third-order valence-electron chi connectivity index (χ3n) is 3.51. The first-order valence-corrected chi connectivity index (χ1v) is 6.63. The summed E-state index contributed by atoms with van der Waals surface area (Å²) in [4.78, 5) is 10.8. The molecule has 1 heterocycles. The second kappa shape index (κ2) is 5.56. The van der Waals surface area contributed by atoms with Crippen molar-refractivity contribution in [3.8, 4) is 5.88 Å². The van der Waals surface area contributed by atoms with E-state index >= 15 is 0 Å². The van der Waals surface area contributed by atoms with E-state index in [1.165, 1.54) is 4.68 Å². The lowest BCUT2D eigenvalue weighted by Crippen LogP contribution is -2.38. The fourth-order valence-electron chi connectivity index (χ4n) is 2.39. The summed E-state index contributed by atoms with van der Waals surface area (Å²) in [5, 5.41) is 15.4. The highest BCUT2D eigenvalue weighted by Gasteiger charge is 2.35. The van der Waals surface area contributed by atoms with E-state index in [2.05, 4.69) is 5.10 Å². The number of ether oxygens (including phenoxy) is 1. The van der Waals surface area contributed by atoms with Crippen LogP contribution in [-0.2, 0) is 13.5 Å². The zero-order valence-electron chi connectivity index (χ0n) is 11.3. The molecule has 1 aromatic rings. The summed E-state index contributed by atoms with van der Waals surface area (Å²) in [7, 11) is 1.68. The highest BCUT2D eigenvalue weighted by Crippen LogP contribution is 2.36. The monoisotopic (exact) mass is 268 g/mol. The van der Waals surface area contributed by atoms with Crippen LogP contribution < -0.4 is 10.5 Å². The molecule has 0 saturated heterocycles. The molecule has 0 unspecified atom stereocenters. The predicted octanol–water partition coefficient (Wildman–Crippen LogP) is 1.40. The maximum atomic E-state index is 11.2. The number of nitro groups is 1. The Morgan fingerprint density at radius 3 is 2.79 bits per heavy atom. The van der Waals surface area contributed by atoms with Crippen LogP contribution in [0.3, 0.4) is 0 Å². The van der Waals surface area contributed by atoms with E-state index in [4.69, 9.17) is 10.5 Å². The highest BCUT2D eigenvalue weighted by molar-refractivity contribution is 5.46. The maximum Gasteiger partial charge on any atom is 0.353 e. The van der Waals surface area contributed by atoms with Crippen LogP contribution in [0.2, 0.25) is 0 Å². The molecule has 0 atom stereocenters. The van der Waals surface area contributed by atoms with E-state index in [0.717, 1.165) is 19.3 Å². The van der Waals surface area contributed by atoms with Crippen LogP contribution in [0.4, 0.5) is 5.69 Å². The summed E-state index contributed by atoms with van der Waals surface area (Å²) in [5.41, 5.74) is 6.07. The van der Waals surface area contributed by atoms with Gasteiger partial charge in [-0.3, -0.25) is 10.1 Å². The SMILES string of the molecule is CCCc1nn(C)c(OC2CC(CN)C2)c1[N+](=O)[O-]. The normalized spacial score (nSPS) is 22.1. The summed E-state index contributed by atoms with van der Waals surface area (Å²) in [5.74, 6) is 0.751. The van der Waals surface area contributed by atoms with Crippen LogP contribution in [-0.4, -0.2) is 27.4 Å². The molecule has 1 aliphatic carbocycles. The molecule has 19 heavy (non-hydrogen) atoms. The van der Waals surface area contributed by atoms with E-state index < -0.39 is 4.92 Å². The molecule has 1 aliphatic rings. The molecule has 1 saturated carbocycles. The first kappa shape index (κ1) is 13.8. The number of hydrogen-bond acceptors (Lipinski definition) is 5. The fraction of sp³-hybridized carbons (Fsp3) is 0.750. The largest absolute Gasteiger partial charge is 0.470 e. The summed E-state index contributed by atoms with van der Waals surface area (Å²) in [6.45, 7) is 2.62. The van der Waals surface area contributed by atoms with Crippen molar-refractivity contribution in [3.05, 3.63) is 15.8 Å². The Bertz CT molecular complexity index is 466.